The fraction of sp³-hybridized carbons (Fsp3) is 0.632. The van der Waals surface area contributed by atoms with Gasteiger partial charge in [-0.25, -0.2) is 0 Å². The van der Waals surface area contributed by atoms with Gasteiger partial charge in [0.15, 0.2) is 5.79 Å². The lowest BCUT2D eigenvalue weighted by Crippen LogP contribution is -2.35. The number of hydrogen-bond donors (Lipinski definition) is 0. The Kier molecular flexibility index (Phi) is 5.23. The molecule has 2 aliphatic rings. The van der Waals surface area contributed by atoms with Crippen LogP contribution in [0, 0.1) is 11.8 Å². The summed E-state index contributed by atoms with van der Waals surface area (Å²) in [7, 11) is 0. The summed E-state index contributed by atoms with van der Waals surface area (Å²) in [6.07, 6.45) is -0.0600. The lowest BCUT2D eigenvalue weighted by atomic mass is 9.91. The van der Waals surface area contributed by atoms with Crippen molar-refractivity contribution in [1.29, 1.82) is 0 Å². The number of rotatable bonds is 5. The largest absolute Gasteiger partial charge is 0.466 e. The van der Waals surface area contributed by atoms with Gasteiger partial charge in [0, 0.05) is 25.6 Å². The van der Waals surface area contributed by atoms with Crippen LogP contribution >= 0.6 is 0 Å². The van der Waals surface area contributed by atoms with Crippen molar-refractivity contribution in [2.24, 2.45) is 11.8 Å². The van der Waals surface area contributed by atoms with Gasteiger partial charge in [0.1, 0.15) is 0 Å². The van der Waals surface area contributed by atoms with Crippen molar-refractivity contribution in [3.63, 3.8) is 0 Å². The zero-order valence-electron chi connectivity index (χ0n) is 14.7. The monoisotopic (exact) mass is 333 g/mol. The first-order chi connectivity index (χ1) is 11.5. The minimum absolute atomic E-state index is 0.0600. The van der Waals surface area contributed by atoms with E-state index < -0.39 is 5.79 Å². The average Bonchev–Trinajstić information content (AvgIpc) is 3.12. The second-order valence-electron chi connectivity index (χ2n) is 7.07. The first-order valence-corrected chi connectivity index (χ1v) is 8.73. The van der Waals surface area contributed by atoms with Crippen LogP contribution in [-0.4, -0.2) is 49.1 Å². The van der Waals surface area contributed by atoms with Crippen molar-refractivity contribution >= 4 is 5.97 Å². The van der Waals surface area contributed by atoms with Gasteiger partial charge in [-0.3, -0.25) is 9.69 Å². The Labute approximate surface area is 143 Å². The molecule has 0 spiro atoms. The van der Waals surface area contributed by atoms with Crippen LogP contribution in [0.4, 0.5) is 0 Å². The summed E-state index contributed by atoms with van der Waals surface area (Å²) in [5, 5.41) is 0. The molecule has 2 saturated heterocycles. The van der Waals surface area contributed by atoms with Crippen LogP contribution in [-0.2, 0) is 25.5 Å². The normalized spacial score (nSPS) is 29.7. The van der Waals surface area contributed by atoms with Gasteiger partial charge in [-0.05, 0) is 26.3 Å². The highest BCUT2D eigenvalue weighted by Gasteiger charge is 2.47. The van der Waals surface area contributed by atoms with Crippen LogP contribution < -0.4 is 0 Å². The molecule has 0 saturated carbocycles. The first kappa shape index (κ1) is 17.4. The molecule has 3 rings (SSSR count). The second-order valence-corrected chi connectivity index (χ2v) is 7.07. The minimum Gasteiger partial charge on any atom is -0.466 e. The topological polar surface area (TPSA) is 48.0 Å². The highest BCUT2D eigenvalue weighted by molar-refractivity contribution is 5.73. The van der Waals surface area contributed by atoms with Crippen LogP contribution in [0.15, 0.2) is 30.3 Å². The van der Waals surface area contributed by atoms with Gasteiger partial charge in [-0.15, -0.1) is 0 Å². The molecular formula is C19H27NO4. The van der Waals surface area contributed by atoms with Gasteiger partial charge < -0.3 is 14.2 Å². The van der Waals surface area contributed by atoms with Gasteiger partial charge in [-0.1, -0.05) is 30.3 Å². The Bertz CT molecular complexity index is 560. The average molecular weight is 333 g/mol. The smallest absolute Gasteiger partial charge is 0.310 e. The maximum atomic E-state index is 12.4. The number of likely N-dealkylation sites (tertiary alicyclic amines) is 1. The van der Waals surface area contributed by atoms with Crippen LogP contribution in [0.2, 0.25) is 0 Å². The van der Waals surface area contributed by atoms with Gasteiger partial charge >= 0.3 is 5.97 Å². The number of carbonyl (C=O) groups is 1. The standard InChI is InChI=1S/C19H27NO4/c1-4-22-18(21)16-12-20(10-14-8-6-5-7-9-14)11-15(16)17-13-23-19(2,3)24-17/h5-9,15-17H,4,10-13H2,1-3H3/t15?,16-,17+/m0/s1. The second kappa shape index (κ2) is 7.21. The summed E-state index contributed by atoms with van der Waals surface area (Å²) in [5.41, 5.74) is 1.25. The summed E-state index contributed by atoms with van der Waals surface area (Å²) >= 11 is 0. The zero-order chi connectivity index (χ0) is 17.2. The molecule has 0 aromatic heterocycles. The molecule has 1 aromatic carbocycles. The van der Waals surface area contributed by atoms with Crippen LogP contribution in [0.25, 0.3) is 0 Å². The molecule has 3 atom stereocenters. The number of benzene rings is 1. The molecule has 0 amide bonds. The molecule has 1 aromatic rings. The SMILES string of the molecule is CCOC(=O)[C@H]1CN(Cc2ccccc2)CC1[C@H]1COC(C)(C)O1. The summed E-state index contributed by atoms with van der Waals surface area (Å²) in [6.45, 7) is 9.00. The zero-order valence-corrected chi connectivity index (χ0v) is 14.7. The Morgan fingerprint density at radius 3 is 2.67 bits per heavy atom. The van der Waals surface area contributed by atoms with Gasteiger partial charge in [0.25, 0.3) is 0 Å². The van der Waals surface area contributed by atoms with E-state index in [0.717, 1.165) is 13.1 Å². The van der Waals surface area contributed by atoms with Crippen molar-refractivity contribution < 1.29 is 19.0 Å². The number of ether oxygens (including phenoxy) is 3. The molecule has 0 N–H and O–H groups in total. The molecule has 2 aliphatic heterocycles. The van der Waals surface area contributed by atoms with E-state index in [4.69, 9.17) is 14.2 Å². The molecule has 1 unspecified atom stereocenters. The number of carbonyl (C=O) groups excluding carboxylic acids is 1. The highest BCUT2D eigenvalue weighted by Crippen LogP contribution is 2.35. The third-order valence-corrected chi connectivity index (χ3v) is 4.79. The fourth-order valence-corrected chi connectivity index (χ4v) is 3.69. The molecular weight excluding hydrogens is 306 g/mol. The third kappa shape index (κ3) is 3.97. The molecule has 5 heteroatoms. The Morgan fingerprint density at radius 2 is 2.04 bits per heavy atom. The molecule has 132 valence electrons. The first-order valence-electron chi connectivity index (χ1n) is 8.73. The van der Waals surface area contributed by atoms with Crippen LogP contribution in [0.3, 0.4) is 0 Å². The lowest BCUT2D eigenvalue weighted by molar-refractivity contribution is -0.157. The predicted molar refractivity (Wildman–Crippen MR) is 90.2 cm³/mol. The Morgan fingerprint density at radius 1 is 1.29 bits per heavy atom. The molecule has 0 radical (unpaired) electrons. The van der Waals surface area contributed by atoms with Crippen LogP contribution in [0.1, 0.15) is 26.3 Å². The van der Waals surface area contributed by atoms with Gasteiger partial charge in [-0.2, -0.15) is 0 Å². The van der Waals surface area contributed by atoms with E-state index in [9.17, 15) is 4.79 Å². The summed E-state index contributed by atoms with van der Waals surface area (Å²) < 4.78 is 17.1. The molecule has 0 aliphatic carbocycles. The Hall–Kier alpha value is -1.43. The van der Waals surface area contributed by atoms with Crippen molar-refractivity contribution in [2.45, 2.75) is 39.2 Å². The van der Waals surface area contributed by atoms with E-state index in [2.05, 4.69) is 17.0 Å². The molecule has 2 heterocycles. The van der Waals surface area contributed by atoms with Crippen molar-refractivity contribution in [3.8, 4) is 0 Å². The molecule has 24 heavy (non-hydrogen) atoms. The van der Waals surface area contributed by atoms with E-state index in [-0.39, 0.29) is 23.9 Å². The number of esters is 1. The van der Waals surface area contributed by atoms with E-state index in [0.29, 0.717) is 19.8 Å². The highest BCUT2D eigenvalue weighted by atomic mass is 16.7. The van der Waals surface area contributed by atoms with Gasteiger partial charge in [0.2, 0.25) is 0 Å². The molecule has 2 fully saturated rings. The minimum atomic E-state index is -0.573. The fourth-order valence-electron chi connectivity index (χ4n) is 3.69. The van der Waals surface area contributed by atoms with Crippen molar-refractivity contribution in [2.75, 3.05) is 26.3 Å². The van der Waals surface area contributed by atoms with E-state index >= 15 is 0 Å². The van der Waals surface area contributed by atoms with Gasteiger partial charge in [0.05, 0.1) is 25.2 Å². The lowest BCUT2D eigenvalue weighted by Gasteiger charge is -2.24. The Balaban J connectivity index is 1.71. The number of hydrogen-bond acceptors (Lipinski definition) is 5. The molecule has 0 bridgehead atoms. The maximum Gasteiger partial charge on any atom is 0.310 e. The van der Waals surface area contributed by atoms with E-state index in [1.807, 2.05) is 39.0 Å². The third-order valence-electron chi connectivity index (χ3n) is 4.79. The summed E-state index contributed by atoms with van der Waals surface area (Å²) in [5.74, 6) is -0.742. The summed E-state index contributed by atoms with van der Waals surface area (Å²) in [4.78, 5) is 14.7. The maximum absolute atomic E-state index is 12.4. The van der Waals surface area contributed by atoms with Crippen molar-refractivity contribution in [3.05, 3.63) is 35.9 Å². The van der Waals surface area contributed by atoms with E-state index in [1.165, 1.54) is 5.56 Å². The van der Waals surface area contributed by atoms with E-state index in [1.54, 1.807) is 0 Å². The number of nitrogens with zero attached hydrogens (tertiary/aromatic N) is 1. The van der Waals surface area contributed by atoms with Crippen molar-refractivity contribution in [1.82, 2.24) is 4.90 Å². The quantitative estimate of drug-likeness (QED) is 0.775. The molecule has 5 nitrogen and oxygen atoms in total. The predicted octanol–water partition coefficient (Wildman–Crippen LogP) is 2.45. The summed E-state index contributed by atoms with van der Waals surface area (Å²) in [6, 6.07) is 10.3. The van der Waals surface area contributed by atoms with Crippen LogP contribution in [0.5, 0.6) is 0 Å².